The molecule has 0 saturated heterocycles. The zero-order valence-corrected chi connectivity index (χ0v) is 9.30. The van der Waals surface area contributed by atoms with E-state index < -0.39 is 0 Å². The third-order valence-electron chi connectivity index (χ3n) is 2.91. The van der Waals surface area contributed by atoms with Crippen LogP contribution in [0.25, 0.3) is 0 Å². The molecule has 0 amide bonds. The fourth-order valence-electron chi connectivity index (χ4n) is 1.98. The Balaban J connectivity index is 0.00000144. The summed E-state index contributed by atoms with van der Waals surface area (Å²) < 4.78 is 0. The van der Waals surface area contributed by atoms with E-state index in [-0.39, 0.29) is 51.4 Å². The molecule has 1 aliphatic carbocycles. The van der Waals surface area contributed by atoms with Gasteiger partial charge in [0.2, 0.25) is 0 Å². The summed E-state index contributed by atoms with van der Waals surface area (Å²) in [6.07, 6.45) is 6.00. The summed E-state index contributed by atoms with van der Waals surface area (Å²) in [6.45, 7) is 0. The van der Waals surface area contributed by atoms with Gasteiger partial charge in [-0.25, -0.2) is 0 Å². The van der Waals surface area contributed by atoms with Gasteiger partial charge in [-0.15, -0.1) is 4.86 Å². The van der Waals surface area contributed by atoms with Crippen LogP contribution in [-0.2, 0) is 0 Å². The van der Waals surface area contributed by atoms with E-state index in [1.54, 1.807) is 12.1 Å². The largest absolute Gasteiger partial charge is 0.691 e. The van der Waals surface area contributed by atoms with Gasteiger partial charge in [-0.2, -0.15) is 5.43 Å². The quantitative estimate of drug-likeness (QED) is 0.392. The van der Waals surface area contributed by atoms with Crippen molar-refractivity contribution >= 4 is 57.1 Å². The third-order valence-corrected chi connectivity index (χ3v) is 2.91. The van der Waals surface area contributed by atoms with Crippen molar-refractivity contribution in [1.82, 2.24) is 5.43 Å². The van der Waals surface area contributed by atoms with Crippen LogP contribution in [0.15, 0.2) is 35.6 Å². The van der Waals surface area contributed by atoms with E-state index in [4.69, 9.17) is 0 Å². The smallest absolute Gasteiger partial charge is 0.154 e. The molecule has 4 nitrogen and oxygen atoms in total. The molecule has 1 aromatic rings. The van der Waals surface area contributed by atoms with Crippen LogP contribution < -0.4 is 5.43 Å². The monoisotopic (exact) mass is 259 g/mol. The molecule has 2 rings (SSSR count). The average molecular weight is 259 g/mol. The maximum Gasteiger partial charge on any atom is 0.154 e. The van der Waals surface area contributed by atoms with Crippen molar-refractivity contribution in [1.29, 1.82) is 0 Å². The summed E-state index contributed by atoms with van der Waals surface area (Å²) in [5.74, 6) is 0. The Bertz CT molecular complexity index is 350. The molecule has 0 spiro atoms. The second-order valence-corrected chi connectivity index (χ2v) is 4.17. The second-order valence-electron chi connectivity index (χ2n) is 4.17. The van der Waals surface area contributed by atoms with Crippen LogP contribution in [0.2, 0.25) is 0 Å². The Labute approximate surface area is 144 Å². The molecule has 1 aromatic carbocycles. The predicted octanol–water partition coefficient (Wildman–Crippen LogP) is 2.47. The first-order chi connectivity index (χ1) is 7.86. The van der Waals surface area contributed by atoms with Crippen molar-refractivity contribution in [3.8, 4) is 0 Å². The number of rotatable bonds is 3. The van der Waals surface area contributed by atoms with E-state index in [9.17, 15) is 5.21 Å². The average Bonchev–Trinajstić information content (AvgIpc) is 2.38. The van der Waals surface area contributed by atoms with E-state index in [0.717, 1.165) is 12.8 Å². The Kier molecular flexibility index (Phi) is 7.30. The summed E-state index contributed by atoms with van der Waals surface area (Å²) in [5, 5.41) is 15.4. The molecule has 88 valence electrons. The van der Waals surface area contributed by atoms with Crippen molar-refractivity contribution in [3.63, 3.8) is 0 Å². The molecule has 0 aromatic heterocycles. The molecule has 0 bridgehead atoms. The van der Waals surface area contributed by atoms with E-state index in [1.807, 2.05) is 18.2 Å². The number of nitrogens with one attached hydrogen (secondary N) is 1. The summed E-state index contributed by atoms with van der Waals surface area (Å²) in [6, 6.07) is 9.41. The molecular formula is C12H18KN3O. The molecule has 1 aliphatic rings. The van der Waals surface area contributed by atoms with Gasteiger partial charge in [-0.05, 0) is 37.8 Å². The van der Waals surface area contributed by atoms with Crippen molar-refractivity contribution in [2.45, 2.75) is 38.1 Å². The number of para-hydroxylation sites is 1. The van der Waals surface area contributed by atoms with Crippen LogP contribution in [0, 0.1) is 5.21 Å². The van der Waals surface area contributed by atoms with Crippen LogP contribution >= 0.6 is 0 Å². The Morgan fingerprint density at radius 2 is 1.76 bits per heavy atom. The first kappa shape index (κ1) is 15.1. The molecule has 1 fully saturated rings. The van der Waals surface area contributed by atoms with E-state index in [1.165, 1.54) is 19.3 Å². The zero-order valence-electron chi connectivity index (χ0n) is 9.30. The predicted molar refractivity (Wildman–Crippen MR) is 69.3 cm³/mol. The Morgan fingerprint density at radius 3 is 2.41 bits per heavy atom. The van der Waals surface area contributed by atoms with Crippen molar-refractivity contribution < 1.29 is 4.86 Å². The van der Waals surface area contributed by atoms with Crippen LogP contribution in [0.5, 0.6) is 0 Å². The van der Waals surface area contributed by atoms with Gasteiger partial charge in [0.25, 0.3) is 0 Å². The second kappa shape index (κ2) is 8.21. The van der Waals surface area contributed by atoms with Gasteiger partial charge in [-0.3, -0.25) is 0 Å². The van der Waals surface area contributed by atoms with Crippen LogP contribution in [0.4, 0.5) is 5.69 Å². The van der Waals surface area contributed by atoms with Crippen molar-refractivity contribution in [3.05, 3.63) is 35.5 Å². The van der Waals surface area contributed by atoms with Gasteiger partial charge in [0.05, 0.1) is 5.22 Å². The standard InChI is InChI=1S/C12H17N3O.K.H/c16-15(12-9-5-2-6-10-12)14-13-11-7-3-1-4-8-11;;/h2,5-6,9-11,13H,1,3-4,7-8H2;;/b15-14-;;. The maximum atomic E-state index is 11.6. The molecule has 1 N–H and O–H groups in total. The number of benzene rings is 1. The molecule has 5 heteroatoms. The van der Waals surface area contributed by atoms with Gasteiger partial charge < -0.3 is 5.21 Å². The van der Waals surface area contributed by atoms with Crippen LogP contribution in [0.1, 0.15) is 32.1 Å². The topological polar surface area (TPSA) is 50.5 Å². The molecule has 0 atom stereocenters. The third kappa shape index (κ3) is 5.05. The fraction of sp³-hybridized carbons (Fsp3) is 0.500. The molecule has 0 unspecified atom stereocenters. The molecular weight excluding hydrogens is 241 g/mol. The van der Waals surface area contributed by atoms with E-state index in [2.05, 4.69) is 10.6 Å². The molecule has 0 radical (unpaired) electrons. The summed E-state index contributed by atoms with van der Waals surface area (Å²) >= 11 is 0. The SMILES string of the molecule is [KH].[O-]/[N+](=N\NC1CCCCC1)c1ccccc1. The van der Waals surface area contributed by atoms with Gasteiger partial charge >= 0.3 is 51.4 Å². The Hall–Kier alpha value is 0.0564. The van der Waals surface area contributed by atoms with E-state index in [0.29, 0.717) is 16.6 Å². The van der Waals surface area contributed by atoms with Crippen molar-refractivity contribution in [2.75, 3.05) is 0 Å². The minimum atomic E-state index is 0. The fourth-order valence-corrected chi connectivity index (χ4v) is 1.98. The van der Waals surface area contributed by atoms with Gasteiger partial charge in [0.15, 0.2) is 5.69 Å². The van der Waals surface area contributed by atoms with Gasteiger partial charge in [-0.1, -0.05) is 24.6 Å². The maximum absolute atomic E-state index is 11.6. The first-order valence-corrected chi connectivity index (χ1v) is 5.85. The zero-order chi connectivity index (χ0) is 11.2. The summed E-state index contributed by atoms with van der Waals surface area (Å²) in [7, 11) is 0. The molecule has 1 saturated carbocycles. The normalized spacial score (nSPS) is 17.3. The number of hydrogen-bond acceptors (Lipinski definition) is 2. The summed E-state index contributed by atoms with van der Waals surface area (Å²) in [4.78, 5) is 0.647. The first-order valence-electron chi connectivity index (χ1n) is 5.85. The number of hydrogen-bond donors (Lipinski definition) is 1. The minimum absolute atomic E-state index is 0. The van der Waals surface area contributed by atoms with Crippen LogP contribution in [-0.4, -0.2) is 62.3 Å². The Morgan fingerprint density at radius 1 is 1.12 bits per heavy atom. The molecule has 0 aliphatic heterocycles. The molecule has 0 heterocycles. The van der Waals surface area contributed by atoms with Crippen molar-refractivity contribution in [2.24, 2.45) is 5.22 Å². The van der Waals surface area contributed by atoms with E-state index >= 15 is 0 Å². The minimum Gasteiger partial charge on any atom is -0.691 e. The van der Waals surface area contributed by atoms with Gasteiger partial charge in [0.1, 0.15) is 6.04 Å². The number of nitrogens with zero attached hydrogens (tertiary/aromatic N) is 2. The van der Waals surface area contributed by atoms with Crippen LogP contribution in [0.3, 0.4) is 0 Å². The van der Waals surface area contributed by atoms with Gasteiger partial charge in [0, 0.05) is 0 Å². The molecule has 17 heavy (non-hydrogen) atoms. The summed E-state index contributed by atoms with van der Waals surface area (Å²) in [5.41, 5.74) is 3.52.